The summed E-state index contributed by atoms with van der Waals surface area (Å²) in [5.41, 5.74) is 3.81. The molecule has 0 bridgehead atoms. The molecule has 0 saturated carbocycles. The Morgan fingerprint density at radius 2 is 1.77 bits per heavy atom. The smallest absolute Gasteiger partial charge is 0.196 e. The molecule has 1 aromatic carbocycles. The molecule has 5 heterocycles. The van der Waals surface area contributed by atoms with Gasteiger partial charge in [-0.1, -0.05) is 12.1 Å². The second-order valence-electron chi connectivity index (χ2n) is 9.77. The molecule has 1 aliphatic rings. The standard InChI is InChI=1S/C29H33FN8O2/c30-21-4-3-10-32-23(21)20-34-29-28-25(7-13-33-29)40-27(36-28)9-12-31-11-8-26-35-22-5-1-2-6-24(22)38(26)15-14-37-16-18-39-19-17-37/h1-7,10,13,31H,8-9,11-12,14-20H2,(H,33,34). The number of fused-ring (bicyclic) bond motifs is 2. The number of benzene rings is 1. The summed E-state index contributed by atoms with van der Waals surface area (Å²) in [5, 5.41) is 6.64. The first-order valence-corrected chi connectivity index (χ1v) is 13.8. The Labute approximate surface area is 231 Å². The van der Waals surface area contributed by atoms with Crippen molar-refractivity contribution in [3.63, 3.8) is 0 Å². The molecule has 0 amide bonds. The van der Waals surface area contributed by atoms with E-state index in [0.717, 1.165) is 70.2 Å². The van der Waals surface area contributed by atoms with Crippen molar-refractivity contribution in [2.24, 2.45) is 0 Å². The fourth-order valence-electron chi connectivity index (χ4n) is 5.01. The van der Waals surface area contributed by atoms with Crippen molar-refractivity contribution in [1.82, 2.24) is 34.7 Å². The molecule has 208 valence electrons. The Balaban J connectivity index is 1.03. The molecule has 10 nitrogen and oxygen atoms in total. The molecule has 1 aliphatic heterocycles. The van der Waals surface area contributed by atoms with Crippen molar-refractivity contribution in [3.8, 4) is 0 Å². The van der Waals surface area contributed by atoms with Gasteiger partial charge in [-0.05, 0) is 24.3 Å². The molecule has 5 aromatic rings. The van der Waals surface area contributed by atoms with E-state index in [1.165, 1.54) is 11.6 Å². The molecule has 1 fully saturated rings. The first-order valence-electron chi connectivity index (χ1n) is 13.8. The first kappa shape index (κ1) is 26.3. The lowest BCUT2D eigenvalue weighted by molar-refractivity contribution is 0.0364. The van der Waals surface area contributed by atoms with Crippen LogP contribution in [0.4, 0.5) is 10.2 Å². The predicted molar refractivity (Wildman–Crippen MR) is 151 cm³/mol. The van der Waals surface area contributed by atoms with E-state index in [1.54, 1.807) is 24.5 Å². The number of hydrogen-bond donors (Lipinski definition) is 2. The molecular weight excluding hydrogens is 511 g/mol. The fourth-order valence-corrected chi connectivity index (χ4v) is 5.01. The van der Waals surface area contributed by atoms with Crippen molar-refractivity contribution in [3.05, 3.63) is 78.1 Å². The van der Waals surface area contributed by atoms with Gasteiger partial charge in [-0.2, -0.15) is 0 Å². The van der Waals surface area contributed by atoms with Crippen LogP contribution in [0.1, 0.15) is 17.4 Å². The predicted octanol–water partition coefficient (Wildman–Crippen LogP) is 3.43. The summed E-state index contributed by atoms with van der Waals surface area (Å²) in [6.07, 6.45) is 4.68. The van der Waals surface area contributed by atoms with Gasteiger partial charge in [0.05, 0.1) is 36.5 Å². The maximum atomic E-state index is 13.9. The van der Waals surface area contributed by atoms with Gasteiger partial charge in [0, 0.05) is 70.6 Å². The number of halogens is 1. The lowest BCUT2D eigenvalue weighted by atomic mass is 10.3. The summed E-state index contributed by atoms with van der Waals surface area (Å²) in [6.45, 7) is 7.20. The van der Waals surface area contributed by atoms with Crippen molar-refractivity contribution >= 4 is 28.0 Å². The second kappa shape index (κ2) is 12.5. The lowest BCUT2D eigenvalue weighted by Gasteiger charge is -2.27. The zero-order valence-corrected chi connectivity index (χ0v) is 22.4. The SMILES string of the molecule is Fc1cccnc1CNc1nccc2oc(CCNCCc3nc4ccccc4n3CCN3CCOCC3)nc12. The van der Waals surface area contributed by atoms with E-state index in [4.69, 9.17) is 14.1 Å². The molecule has 11 heteroatoms. The van der Waals surface area contributed by atoms with Crippen LogP contribution in [-0.2, 0) is 30.7 Å². The number of morpholine rings is 1. The van der Waals surface area contributed by atoms with Gasteiger partial charge in [0.25, 0.3) is 0 Å². The van der Waals surface area contributed by atoms with Crippen molar-refractivity contribution < 1.29 is 13.5 Å². The number of oxazole rings is 1. The van der Waals surface area contributed by atoms with Gasteiger partial charge in [-0.25, -0.2) is 19.3 Å². The molecule has 0 radical (unpaired) electrons. The Morgan fingerprint density at radius 3 is 2.67 bits per heavy atom. The summed E-state index contributed by atoms with van der Waals surface area (Å²) in [7, 11) is 0. The molecule has 6 rings (SSSR count). The molecule has 40 heavy (non-hydrogen) atoms. The summed E-state index contributed by atoms with van der Waals surface area (Å²) in [5.74, 6) is 1.90. The third kappa shape index (κ3) is 6.11. The quantitative estimate of drug-likeness (QED) is 0.229. The summed E-state index contributed by atoms with van der Waals surface area (Å²) in [4.78, 5) is 20.5. The Kier molecular flexibility index (Phi) is 8.22. The number of para-hydroxylation sites is 2. The number of aromatic nitrogens is 5. The highest BCUT2D eigenvalue weighted by Gasteiger charge is 2.15. The van der Waals surface area contributed by atoms with Crippen LogP contribution >= 0.6 is 0 Å². The number of pyridine rings is 2. The number of anilines is 1. The number of nitrogens with zero attached hydrogens (tertiary/aromatic N) is 6. The van der Waals surface area contributed by atoms with Gasteiger partial charge in [0.1, 0.15) is 11.6 Å². The van der Waals surface area contributed by atoms with E-state index < -0.39 is 0 Å². The number of nitrogens with one attached hydrogen (secondary N) is 2. The monoisotopic (exact) mass is 544 g/mol. The second-order valence-corrected chi connectivity index (χ2v) is 9.77. The first-order chi connectivity index (χ1) is 19.7. The zero-order valence-electron chi connectivity index (χ0n) is 22.4. The van der Waals surface area contributed by atoms with Gasteiger partial charge in [-0.3, -0.25) is 9.88 Å². The van der Waals surface area contributed by atoms with Gasteiger partial charge >= 0.3 is 0 Å². The summed E-state index contributed by atoms with van der Waals surface area (Å²) >= 11 is 0. The number of rotatable bonds is 12. The minimum absolute atomic E-state index is 0.208. The van der Waals surface area contributed by atoms with Crippen LogP contribution in [0.15, 0.2) is 59.3 Å². The van der Waals surface area contributed by atoms with Crippen LogP contribution in [0.3, 0.4) is 0 Å². The van der Waals surface area contributed by atoms with Crippen LogP contribution < -0.4 is 10.6 Å². The maximum absolute atomic E-state index is 13.9. The fraction of sp³-hybridized carbons (Fsp3) is 0.379. The molecule has 2 N–H and O–H groups in total. The van der Waals surface area contributed by atoms with Gasteiger partial charge in [0.15, 0.2) is 22.8 Å². The zero-order chi connectivity index (χ0) is 27.1. The molecule has 4 aromatic heterocycles. The van der Waals surface area contributed by atoms with Crippen molar-refractivity contribution in [1.29, 1.82) is 0 Å². The third-order valence-electron chi connectivity index (χ3n) is 7.13. The lowest BCUT2D eigenvalue weighted by Crippen LogP contribution is -2.38. The van der Waals surface area contributed by atoms with Crippen LogP contribution in [0.5, 0.6) is 0 Å². The van der Waals surface area contributed by atoms with Crippen molar-refractivity contribution in [2.45, 2.75) is 25.9 Å². The number of hydrogen-bond acceptors (Lipinski definition) is 9. The van der Waals surface area contributed by atoms with E-state index in [1.807, 2.05) is 6.07 Å². The van der Waals surface area contributed by atoms with Gasteiger partial charge in [0.2, 0.25) is 0 Å². The molecular formula is C29H33FN8O2. The van der Waals surface area contributed by atoms with Crippen LogP contribution in [0.2, 0.25) is 0 Å². The largest absolute Gasteiger partial charge is 0.440 e. The Hall–Kier alpha value is -3.93. The van der Waals surface area contributed by atoms with Gasteiger partial charge in [-0.15, -0.1) is 0 Å². The highest BCUT2D eigenvalue weighted by Crippen LogP contribution is 2.22. The molecule has 0 atom stereocenters. The third-order valence-corrected chi connectivity index (χ3v) is 7.13. The van der Waals surface area contributed by atoms with E-state index in [2.05, 4.69) is 53.3 Å². The molecule has 0 spiro atoms. The highest BCUT2D eigenvalue weighted by atomic mass is 19.1. The summed E-state index contributed by atoms with van der Waals surface area (Å²) < 4.78 is 27.7. The highest BCUT2D eigenvalue weighted by molar-refractivity contribution is 5.83. The average Bonchev–Trinajstić information content (AvgIpc) is 3.57. The maximum Gasteiger partial charge on any atom is 0.196 e. The van der Waals surface area contributed by atoms with E-state index >= 15 is 0 Å². The van der Waals surface area contributed by atoms with E-state index in [0.29, 0.717) is 34.9 Å². The van der Waals surface area contributed by atoms with Crippen molar-refractivity contribution in [2.75, 3.05) is 51.3 Å². The topological polar surface area (TPSA) is 106 Å². The molecule has 1 saturated heterocycles. The Bertz CT molecular complexity index is 1560. The summed E-state index contributed by atoms with van der Waals surface area (Å²) in [6, 6.07) is 13.1. The minimum atomic E-state index is -0.359. The molecule has 0 unspecified atom stereocenters. The molecule has 0 aliphatic carbocycles. The Morgan fingerprint density at radius 1 is 0.900 bits per heavy atom. The van der Waals surface area contributed by atoms with E-state index in [-0.39, 0.29) is 12.4 Å². The normalized spacial score (nSPS) is 14.3. The average molecular weight is 545 g/mol. The van der Waals surface area contributed by atoms with Crippen LogP contribution in [0.25, 0.3) is 22.1 Å². The minimum Gasteiger partial charge on any atom is -0.440 e. The number of imidazole rings is 1. The number of ether oxygens (including phenoxy) is 1. The van der Waals surface area contributed by atoms with Crippen LogP contribution in [0, 0.1) is 5.82 Å². The van der Waals surface area contributed by atoms with Gasteiger partial charge < -0.3 is 24.4 Å². The van der Waals surface area contributed by atoms with Crippen LogP contribution in [-0.4, -0.2) is 75.3 Å². The van der Waals surface area contributed by atoms with E-state index in [9.17, 15) is 4.39 Å².